The van der Waals surface area contributed by atoms with E-state index in [1.807, 2.05) is 13.1 Å². The van der Waals surface area contributed by atoms with Crippen molar-refractivity contribution >= 4 is 23.3 Å². The van der Waals surface area contributed by atoms with Crippen LogP contribution < -0.4 is 0 Å². The third-order valence-corrected chi connectivity index (χ3v) is 2.76. The largest absolute Gasteiger partial charge is 0.549 e. The molecule has 0 aliphatic rings. The second-order valence-electron chi connectivity index (χ2n) is 4.49. The van der Waals surface area contributed by atoms with Gasteiger partial charge >= 0.3 is 5.97 Å². The van der Waals surface area contributed by atoms with E-state index in [1.54, 1.807) is 6.92 Å². The Bertz CT molecular complexity index is 229. The summed E-state index contributed by atoms with van der Waals surface area (Å²) in [5.41, 5.74) is 0.550. The van der Waals surface area contributed by atoms with Crippen molar-refractivity contribution < 1.29 is 13.6 Å². The van der Waals surface area contributed by atoms with E-state index in [4.69, 9.17) is 8.85 Å². The second-order valence-corrected chi connectivity index (χ2v) is 11.3. The van der Waals surface area contributed by atoms with Crippen molar-refractivity contribution in [3.05, 3.63) is 11.8 Å². The highest BCUT2D eigenvalue weighted by Crippen LogP contribution is 2.06. The monoisotopic (exact) mass is 232 g/mol. The van der Waals surface area contributed by atoms with Crippen LogP contribution >= 0.6 is 0 Å². The summed E-state index contributed by atoms with van der Waals surface area (Å²) in [6.07, 6.45) is 1.53. The summed E-state index contributed by atoms with van der Waals surface area (Å²) >= 11 is 0. The predicted octanol–water partition coefficient (Wildman–Crippen LogP) is 2.27. The molecule has 0 rings (SSSR count). The molecule has 14 heavy (non-hydrogen) atoms. The molecule has 0 amide bonds. The molecule has 0 unspecified atom stereocenters. The molecule has 0 heterocycles. The first kappa shape index (κ1) is 13.4. The van der Waals surface area contributed by atoms with Gasteiger partial charge in [0.2, 0.25) is 17.4 Å². The molecule has 0 radical (unpaired) electrons. The van der Waals surface area contributed by atoms with Crippen molar-refractivity contribution in [1.29, 1.82) is 0 Å². The smallest absolute Gasteiger partial charge is 0.323 e. The number of rotatable bonds is 4. The molecule has 0 aromatic heterocycles. The molecule has 0 spiro atoms. The molecule has 0 N–H and O–H groups in total. The molecule has 0 fully saturated rings. The van der Waals surface area contributed by atoms with Crippen molar-refractivity contribution in [3.8, 4) is 0 Å². The van der Waals surface area contributed by atoms with Gasteiger partial charge in [0, 0.05) is 0 Å². The number of carbonyl (C=O) groups is 1. The second kappa shape index (κ2) is 5.36. The van der Waals surface area contributed by atoms with Crippen molar-refractivity contribution in [3.63, 3.8) is 0 Å². The molecule has 0 aromatic rings. The van der Waals surface area contributed by atoms with Crippen molar-refractivity contribution in [2.24, 2.45) is 0 Å². The molecule has 0 saturated heterocycles. The average molecular weight is 232 g/mol. The van der Waals surface area contributed by atoms with Crippen LogP contribution in [0.25, 0.3) is 0 Å². The van der Waals surface area contributed by atoms with Crippen LogP contribution in [0.3, 0.4) is 0 Å². The highest BCUT2D eigenvalue weighted by Gasteiger charge is 2.15. The Morgan fingerprint density at radius 1 is 1.29 bits per heavy atom. The molecule has 0 saturated carbocycles. The van der Waals surface area contributed by atoms with E-state index in [0.29, 0.717) is 5.57 Å². The van der Waals surface area contributed by atoms with Crippen LogP contribution in [0.4, 0.5) is 0 Å². The van der Waals surface area contributed by atoms with Crippen molar-refractivity contribution in [1.82, 2.24) is 0 Å². The van der Waals surface area contributed by atoms with Gasteiger partial charge in [0.1, 0.15) is 0 Å². The van der Waals surface area contributed by atoms with E-state index >= 15 is 0 Å². The van der Waals surface area contributed by atoms with E-state index in [-0.39, 0.29) is 5.97 Å². The van der Waals surface area contributed by atoms with E-state index in [9.17, 15) is 4.79 Å². The van der Waals surface area contributed by atoms with Gasteiger partial charge in [-0.25, -0.2) is 4.79 Å². The SMILES string of the molecule is CC(=CO[Si](C)(C)C)C(=O)O[SiH](C)C. The van der Waals surface area contributed by atoms with Gasteiger partial charge in [-0.2, -0.15) is 0 Å². The van der Waals surface area contributed by atoms with Gasteiger partial charge in [0.25, 0.3) is 0 Å². The molecule has 0 aliphatic carbocycles. The van der Waals surface area contributed by atoms with Crippen molar-refractivity contribution in [2.45, 2.75) is 39.7 Å². The maximum atomic E-state index is 11.3. The van der Waals surface area contributed by atoms with Crippen LogP contribution in [0, 0.1) is 0 Å². The van der Waals surface area contributed by atoms with Gasteiger partial charge in [-0.3, -0.25) is 0 Å². The summed E-state index contributed by atoms with van der Waals surface area (Å²) in [5, 5.41) is 0. The van der Waals surface area contributed by atoms with Gasteiger partial charge < -0.3 is 8.85 Å². The van der Waals surface area contributed by atoms with E-state index in [2.05, 4.69) is 19.6 Å². The van der Waals surface area contributed by atoms with Crippen LogP contribution in [-0.2, 0) is 13.6 Å². The van der Waals surface area contributed by atoms with Gasteiger partial charge in [-0.05, 0) is 39.7 Å². The lowest BCUT2D eigenvalue weighted by Gasteiger charge is -2.16. The lowest BCUT2D eigenvalue weighted by atomic mass is 10.4. The molecular weight excluding hydrogens is 212 g/mol. The fraction of sp³-hybridized carbons (Fsp3) is 0.667. The van der Waals surface area contributed by atoms with E-state index in [0.717, 1.165) is 0 Å². The Morgan fingerprint density at radius 2 is 1.79 bits per heavy atom. The zero-order valence-electron chi connectivity index (χ0n) is 9.88. The van der Waals surface area contributed by atoms with Crippen molar-refractivity contribution in [2.75, 3.05) is 0 Å². The zero-order chi connectivity index (χ0) is 11.4. The molecular formula is C9H20O3Si2. The highest BCUT2D eigenvalue weighted by molar-refractivity contribution is 6.69. The molecule has 3 nitrogen and oxygen atoms in total. The summed E-state index contributed by atoms with van der Waals surface area (Å²) in [7, 11) is -2.86. The molecule has 0 bridgehead atoms. The van der Waals surface area contributed by atoms with Crippen LogP contribution in [0.5, 0.6) is 0 Å². The van der Waals surface area contributed by atoms with Gasteiger partial charge in [-0.1, -0.05) is 0 Å². The number of hydrogen-bond acceptors (Lipinski definition) is 3. The Labute approximate surface area is 89.0 Å². The fourth-order valence-corrected chi connectivity index (χ4v) is 1.76. The quantitative estimate of drug-likeness (QED) is 0.424. The number of carbonyl (C=O) groups excluding carboxylic acids is 1. The van der Waals surface area contributed by atoms with Crippen LogP contribution in [0.15, 0.2) is 11.8 Å². The minimum Gasteiger partial charge on any atom is -0.549 e. The summed E-state index contributed by atoms with van der Waals surface area (Å²) in [6.45, 7) is 11.9. The minimum atomic E-state index is -1.58. The first-order chi connectivity index (χ1) is 6.22. The third kappa shape index (κ3) is 6.91. The Morgan fingerprint density at radius 3 is 2.14 bits per heavy atom. The highest BCUT2D eigenvalue weighted by atomic mass is 28.4. The predicted molar refractivity (Wildman–Crippen MR) is 63.2 cm³/mol. The van der Waals surface area contributed by atoms with Crippen LogP contribution in [0.1, 0.15) is 6.92 Å². The van der Waals surface area contributed by atoms with Gasteiger partial charge in [-0.15, -0.1) is 0 Å². The Hall–Kier alpha value is -0.556. The fourth-order valence-electron chi connectivity index (χ4n) is 0.620. The lowest BCUT2D eigenvalue weighted by molar-refractivity contribution is -0.130. The maximum Gasteiger partial charge on any atom is 0.323 e. The first-order valence-electron chi connectivity index (χ1n) is 4.78. The molecule has 0 aliphatic heterocycles. The van der Waals surface area contributed by atoms with E-state index in [1.165, 1.54) is 6.26 Å². The molecule has 0 aromatic carbocycles. The normalized spacial score (nSPS) is 12.9. The molecule has 0 atom stereocenters. The van der Waals surface area contributed by atoms with E-state index < -0.39 is 17.4 Å². The lowest BCUT2D eigenvalue weighted by Crippen LogP contribution is -2.23. The third-order valence-electron chi connectivity index (χ3n) is 1.25. The zero-order valence-corrected chi connectivity index (χ0v) is 12.0. The Kier molecular flexibility index (Phi) is 5.14. The average Bonchev–Trinajstić information content (AvgIpc) is 1.97. The topological polar surface area (TPSA) is 35.5 Å². The van der Waals surface area contributed by atoms with Gasteiger partial charge in [0.15, 0.2) is 0 Å². The minimum absolute atomic E-state index is 0.245. The summed E-state index contributed by atoms with van der Waals surface area (Å²) in [5.74, 6) is -0.245. The number of hydrogen-bond donors (Lipinski definition) is 0. The molecule has 5 heteroatoms. The molecule has 82 valence electrons. The summed E-state index contributed by atoms with van der Waals surface area (Å²) < 4.78 is 10.6. The first-order valence-corrected chi connectivity index (χ1v) is 11.0. The summed E-state index contributed by atoms with van der Waals surface area (Å²) in [6, 6.07) is 0. The summed E-state index contributed by atoms with van der Waals surface area (Å²) in [4.78, 5) is 11.3. The Balaban J connectivity index is 4.18. The van der Waals surface area contributed by atoms with Crippen LogP contribution in [-0.4, -0.2) is 23.3 Å². The standard InChI is InChI=1S/C9H20O3Si2/c1-8(7-11-14(4,5)6)9(10)12-13(2)3/h7,13H,1-6H3. The maximum absolute atomic E-state index is 11.3. The van der Waals surface area contributed by atoms with Crippen LogP contribution in [0.2, 0.25) is 32.7 Å². The van der Waals surface area contributed by atoms with Gasteiger partial charge in [0.05, 0.1) is 11.8 Å².